The van der Waals surface area contributed by atoms with Crippen LogP contribution in [0, 0.1) is 5.92 Å². The van der Waals surface area contributed by atoms with Crippen LogP contribution in [0.4, 0.5) is 0 Å². The Labute approximate surface area is 113 Å². The van der Waals surface area contributed by atoms with Gasteiger partial charge in [-0.1, -0.05) is 26.8 Å². The Kier molecular flexibility index (Phi) is 6.00. The van der Waals surface area contributed by atoms with Crippen molar-refractivity contribution >= 4 is 15.9 Å². The molecule has 0 aromatic heterocycles. The lowest BCUT2D eigenvalue weighted by Crippen LogP contribution is -2.25. The fourth-order valence-electron chi connectivity index (χ4n) is 1.94. The molecule has 0 fully saturated rings. The Bertz CT molecular complexity index is 352. The second-order valence-electron chi connectivity index (χ2n) is 4.40. The molecule has 0 spiro atoms. The van der Waals surface area contributed by atoms with Gasteiger partial charge in [-0.15, -0.1) is 0 Å². The zero-order valence-electron chi connectivity index (χ0n) is 11.1. The SMILES string of the molecule is CCNC(c1ccc(OCC)c(Br)c1)C(C)C. The van der Waals surface area contributed by atoms with Crippen molar-refractivity contribution < 1.29 is 4.74 Å². The van der Waals surface area contributed by atoms with E-state index in [1.165, 1.54) is 5.56 Å². The van der Waals surface area contributed by atoms with Gasteiger partial charge in [0.2, 0.25) is 0 Å². The predicted octanol–water partition coefficient (Wildman–Crippen LogP) is 4.15. The average Bonchev–Trinajstić information content (AvgIpc) is 2.28. The van der Waals surface area contributed by atoms with Gasteiger partial charge in [0.25, 0.3) is 0 Å². The normalized spacial score (nSPS) is 12.8. The van der Waals surface area contributed by atoms with E-state index in [-0.39, 0.29) is 0 Å². The fourth-order valence-corrected chi connectivity index (χ4v) is 2.45. The van der Waals surface area contributed by atoms with Crippen molar-refractivity contribution in [1.29, 1.82) is 0 Å². The molecule has 3 heteroatoms. The van der Waals surface area contributed by atoms with Gasteiger partial charge in [-0.05, 0) is 53.0 Å². The molecule has 1 aromatic carbocycles. The summed E-state index contributed by atoms with van der Waals surface area (Å²) >= 11 is 3.56. The van der Waals surface area contributed by atoms with E-state index in [0.29, 0.717) is 18.6 Å². The second kappa shape index (κ2) is 7.02. The summed E-state index contributed by atoms with van der Waals surface area (Å²) in [7, 11) is 0. The molecular formula is C14H22BrNO. The molecule has 0 aliphatic carbocycles. The first kappa shape index (κ1) is 14.5. The van der Waals surface area contributed by atoms with Gasteiger partial charge in [0.1, 0.15) is 5.75 Å². The third-order valence-corrected chi connectivity index (χ3v) is 3.33. The van der Waals surface area contributed by atoms with Crippen LogP contribution >= 0.6 is 15.9 Å². The van der Waals surface area contributed by atoms with E-state index >= 15 is 0 Å². The van der Waals surface area contributed by atoms with Gasteiger partial charge >= 0.3 is 0 Å². The van der Waals surface area contributed by atoms with Crippen molar-refractivity contribution in [2.24, 2.45) is 5.92 Å². The van der Waals surface area contributed by atoms with Gasteiger partial charge in [0.05, 0.1) is 11.1 Å². The van der Waals surface area contributed by atoms with Gasteiger partial charge < -0.3 is 10.1 Å². The Morgan fingerprint density at radius 2 is 2.00 bits per heavy atom. The molecule has 0 aliphatic rings. The van der Waals surface area contributed by atoms with Crippen molar-refractivity contribution in [3.05, 3.63) is 28.2 Å². The van der Waals surface area contributed by atoms with E-state index in [2.05, 4.69) is 54.2 Å². The molecule has 0 heterocycles. The minimum absolute atomic E-state index is 0.395. The van der Waals surface area contributed by atoms with Crippen molar-refractivity contribution in [2.75, 3.05) is 13.2 Å². The van der Waals surface area contributed by atoms with Gasteiger partial charge in [-0.25, -0.2) is 0 Å². The van der Waals surface area contributed by atoms with Crippen molar-refractivity contribution in [2.45, 2.75) is 33.7 Å². The molecule has 0 amide bonds. The highest BCUT2D eigenvalue weighted by Crippen LogP contribution is 2.30. The van der Waals surface area contributed by atoms with E-state index in [4.69, 9.17) is 4.74 Å². The predicted molar refractivity (Wildman–Crippen MR) is 76.6 cm³/mol. The summed E-state index contributed by atoms with van der Waals surface area (Å²) in [6.45, 7) is 10.3. The van der Waals surface area contributed by atoms with Crippen LogP contribution in [0.3, 0.4) is 0 Å². The van der Waals surface area contributed by atoms with Crippen LogP contribution in [0.15, 0.2) is 22.7 Å². The number of benzene rings is 1. The lowest BCUT2D eigenvalue weighted by Gasteiger charge is -2.23. The molecule has 17 heavy (non-hydrogen) atoms. The van der Waals surface area contributed by atoms with E-state index in [0.717, 1.165) is 16.8 Å². The number of ether oxygens (including phenoxy) is 1. The van der Waals surface area contributed by atoms with Crippen molar-refractivity contribution in [3.63, 3.8) is 0 Å². The first-order valence-corrected chi connectivity index (χ1v) is 7.05. The molecule has 0 bridgehead atoms. The van der Waals surface area contributed by atoms with Crippen LogP contribution in [-0.2, 0) is 0 Å². The lowest BCUT2D eigenvalue weighted by atomic mass is 9.96. The molecule has 1 rings (SSSR count). The van der Waals surface area contributed by atoms with Crippen LogP contribution in [0.25, 0.3) is 0 Å². The second-order valence-corrected chi connectivity index (χ2v) is 5.26. The Morgan fingerprint density at radius 1 is 1.29 bits per heavy atom. The molecule has 0 aliphatic heterocycles. The molecule has 2 nitrogen and oxygen atoms in total. The van der Waals surface area contributed by atoms with Gasteiger partial charge in [-0.2, -0.15) is 0 Å². The lowest BCUT2D eigenvalue weighted by molar-refractivity contribution is 0.337. The van der Waals surface area contributed by atoms with Gasteiger partial charge in [0, 0.05) is 6.04 Å². The smallest absolute Gasteiger partial charge is 0.133 e. The zero-order valence-corrected chi connectivity index (χ0v) is 12.7. The topological polar surface area (TPSA) is 21.3 Å². The summed E-state index contributed by atoms with van der Waals surface area (Å²) < 4.78 is 6.55. The summed E-state index contributed by atoms with van der Waals surface area (Å²) in [6, 6.07) is 6.73. The minimum Gasteiger partial charge on any atom is -0.493 e. The number of nitrogens with one attached hydrogen (secondary N) is 1. The first-order valence-electron chi connectivity index (χ1n) is 6.25. The van der Waals surface area contributed by atoms with Crippen LogP contribution in [0.1, 0.15) is 39.3 Å². The highest BCUT2D eigenvalue weighted by Gasteiger charge is 2.15. The third kappa shape index (κ3) is 4.00. The molecule has 1 unspecified atom stereocenters. The van der Waals surface area contributed by atoms with Crippen LogP contribution in [-0.4, -0.2) is 13.2 Å². The maximum Gasteiger partial charge on any atom is 0.133 e. The molecule has 96 valence electrons. The highest BCUT2D eigenvalue weighted by molar-refractivity contribution is 9.10. The zero-order chi connectivity index (χ0) is 12.8. The van der Waals surface area contributed by atoms with Crippen LogP contribution in [0.5, 0.6) is 5.75 Å². The molecule has 0 saturated heterocycles. The van der Waals surface area contributed by atoms with E-state index in [9.17, 15) is 0 Å². The third-order valence-electron chi connectivity index (χ3n) is 2.71. The Morgan fingerprint density at radius 3 is 2.47 bits per heavy atom. The van der Waals surface area contributed by atoms with Crippen LogP contribution < -0.4 is 10.1 Å². The van der Waals surface area contributed by atoms with Gasteiger partial charge in [-0.3, -0.25) is 0 Å². The molecular weight excluding hydrogens is 278 g/mol. The summed E-state index contributed by atoms with van der Waals surface area (Å²) in [4.78, 5) is 0. The number of halogens is 1. The average molecular weight is 300 g/mol. The quantitative estimate of drug-likeness (QED) is 0.852. The number of rotatable bonds is 6. The maximum atomic E-state index is 5.52. The molecule has 1 atom stereocenters. The summed E-state index contributed by atoms with van der Waals surface area (Å²) in [5, 5.41) is 3.52. The van der Waals surface area contributed by atoms with E-state index in [1.807, 2.05) is 13.0 Å². The fraction of sp³-hybridized carbons (Fsp3) is 0.571. The standard InChI is InChI=1S/C14H22BrNO/c1-5-16-14(10(3)4)11-7-8-13(17-6-2)12(15)9-11/h7-10,14,16H,5-6H2,1-4H3. The molecule has 1 N–H and O–H groups in total. The molecule has 0 saturated carbocycles. The largest absolute Gasteiger partial charge is 0.493 e. The Hall–Kier alpha value is -0.540. The summed E-state index contributed by atoms with van der Waals surface area (Å²) in [5.41, 5.74) is 1.30. The minimum atomic E-state index is 0.395. The number of hydrogen-bond donors (Lipinski definition) is 1. The maximum absolute atomic E-state index is 5.52. The van der Waals surface area contributed by atoms with Crippen molar-refractivity contribution in [3.8, 4) is 5.75 Å². The Balaban J connectivity index is 2.93. The van der Waals surface area contributed by atoms with Crippen molar-refractivity contribution in [1.82, 2.24) is 5.32 Å². The number of hydrogen-bond acceptors (Lipinski definition) is 2. The summed E-state index contributed by atoms with van der Waals surface area (Å²) in [5.74, 6) is 1.48. The molecule has 0 radical (unpaired) electrons. The monoisotopic (exact) mass is 299 g/mol. The van der Waals surface area contributed by atoms with E-state index in [1.54, 1.807) is 0 Å². The van der Waals surface area contributed by atoms with Gasteiger partial charge in [0.15, 0.2) is 0 Å². The summed E-state index contributed by atoms with van der Waals surface area (Å²) in [6.07, 6.45) is 0. The van der Waals surface area contributed by atoms with Crippen LogP contribution in [0.2, 0.25) is 0 Å². The first-order chi connectivity index (χ1) is 8.10. The van der Waals surface area contributed by atoms with E-state index < -0.39 is 0 Å². The molecule has 1 aromatic rings. The highest BCUT2D eigenvalue weighted by atomic mass is 79.9.